The normalized spacial score (nSPS) is 20.3. The molecule has 1 aromatic carbocycles. The number of morpholine rings is 1. The molecule has 1 aromatic heterocycles. The third-order valence-electron chi connectivity index (χ3n) is 6.19. The fraction of sp³-hybridized carbons (Fsp3) is 0.636. The van der Waals surface area contributed by atoms with Crippen molar-refractivity contribution in [3.8, 4) is 0 Å². The Balaban J connectivity index is 1.28. The molecule has 4 rings (SSSR count). The van der Waals surface area contributed by atoms with E-state index in [-0.39, 0.29) is 11.8 Å². The fourth-order valence-electron chi connectivity index (χ4n) is 4.37. The summed E-state index contributed by atoms with van der Waals surface area (Å²) in [5.41, 5.74) is 1.69. The average Bonchev–Trinajstić information content (AvgIpc) is 3.19. The van der Waals surface area contributed by atoms with E-state index in [2.05, 4.69) is 33.9 Å². The summed E-state index contributed by atoms with van der Waals surface area (Å²) in [6.07, 6.45) is 1.66. The number of ether oxygens (including phenoxy) is 1. The predicted octanol–water partition coefficient (Wildman–Crippen LogP) is 2.52. The summed E-state index contributed by atoms with van der Waals surface area (Å²) in [6, 6.07) is 8.84. The van der Waals surface area contributed by atoms with E-state index in [1.165, 1.54) is 0 Å². The van der Waals surface area contributed by atoms with Crippen LogP contribution in [-0.2, 0) is 9.53 Å². The SMILES string of the molecule is CC(C)C(CNC(=O)C1CCN(c2nc3ccccc3o2)CC1)N1CCOCC1. The molecule has 2 aliphatic rings. The Morgan fingerprint density at radius 1 is 1.17 bits per heavy atom. The molecule has 2 aliphatic heterocycles. The molecular weight excluding hydrogens is 368 g/mol. The number of carbonyl (C=O) groups is 1. The number of anilines is 1. The number of rotatable bonds is 6. The van der Waals surface area contributed by atoms with Gasteiger partial charge >= 0.3 is 0 Å². The molecule has 29 heavy (non-hydrogen) atoms. The first kappa shape index (κ1) is 20.2. The molecule has 3 heterocycles. The van der Waals surface area contributed by atoms with Crippen molar-refractivity contribution in [3.05, 3.63) is 24.3 Å². The molecule has 0 bridgehead atoms. The Kier molecular flexibility index (Phi) is 6.35. The highest BCUT2D eigenvalue weighted by molar-refractivity contribution is 5.79. The number of nitrogens with zero attached hydrogens (tertiary/aromatic N) is 3. The molecule has 2 fully saturated rings. The Morgan fingerprint density at radius 2 is 1.90 bits per heavy atom. The molecule has 0 saturated carbocycles. The van der Waals surface area contributed by atoms with E-state index in [4.69, 9.17) is 9.15 Å². The van der Waals surface area contributed by atoms with Crippen molar-refractivity contribution in [2.24, 2.45) is 11.8 Å². The standard InChI is InChI=1S/C22H32N4O3/c1-16(2)19(25-11-13-28-14-12-25)15-23-21(27)17-7-9-26(10-8-17)22-24-18-5-3-4-6-20(18)29-22/h3-6,16-17,19H,7-15H2,1-2H3,(H,23,27). The maximum Gasteiger partial charge on any atom is 0.298 e. The number of fused-ring (bicyclic) bond motifs is 1. The lowest BCUT2D eigenvalue weighted by atomic mass is 9.95. The van der Waals surface area contributed by atoms with E-state index in [1.807, 2.05) is 24.3 Å². The smallest absolute Gasteiger partial charge is 0.298 e. The van der Waals surface area contributed by atoms with Gasteiger partial charge < -0.3 is 19.4 Å². The van der Waals surface area contributed by atoms with Crippen LogP contribution in [0.2, 0.25) is 0 Å². The van der Waals surface area contributed by atoms with Gasteiger partial charge in [-0.25, -0.2) is 0 Å². The summed E-state index contributed by atoms with van der Waals surface area (Å²) in [7, 11) is 0. The number of aromatic nitrogens is 1. The van der Waals surface area contributed by atoms with Gasteiger partial charge in [-0.15, -0.1) is 0 Å². The van der Waals surface area contributed by atoms with Gasteiger partial charge in [0.1, 0.15) is 5.52 Å². The molecule has 0 radical (unpaired) electrons. The van der Waals surface area contributed by atoms with Gasteiger partial charge in [-0.3, -0.25) is 9.69 Å². The molecule has 2 saturated heterocycles. The van der Waals surface area contributed by atoms with E-state index in [0.29, 0.717) is 24.5 Å². The second-order valence-corrected chi connectivity index (χ2v) is 8.43. The van der Waals surface area contributed by atoms with Crippen molar-refractivity contribution < 1.29 is 13.9 Å². The summed E-state index contributed by atoms with van der Waals surface area (Å²) in [5.74, 6) is 0.740. The number of piperidine rings is 1. The molecule has 1 atom stereocenters. The van der Waals surface area contributed by atoms with Crippen LogP contribution in [-0.4, -0.2) is 67.8 Å². The number of amides is 1. The average molecular weight is 401 g/mol. The zero-order valence-electron chi connectivity index (χ0n) is 17.5. The molecule has 0 spiro atoms. The second-order valence-electron chi connectivity index (χ2n) is 8.43. The molecule has 2 aromatic rings. The summed E-state index contributed by atoms with van der Waals surface area (Å²) < 4.78 is 11.3. The molecule has 7 heteroatoms. The monoisotopic (exact) mass is 400 g/mol. The van der Waals surface area contributed by atoms with E-state index >= 15 is 0 Å². The summed E-state index contributed by atoms with van der Waals surface area (Å²) >= 11 is 0. The first-order valence-electron chi connectivity index (χ1n) is 10.8. The lowest BCUT2D eigenvalue weighted by molar-refractivity contribution is -0.126. The number of para-hydroxylation sites is 2. The van der Waals surface area contributed by atoms with Gasteiger partial charge in [0.2, 0.25) is 5.91 Å². The van der Waals surface area contributed by atoms with Crippen LogP contribution in [0.4, 0.5) is 6.01 Å². The van der Waals surface area contributed by atoms with Crippen molar-refractivity contribution in [1.82, 2.24) is 15.2 Å². The van der Waals surface area contributed by atoms with Crippen molar-refractivity contribution in [1.29, 1.82) is 0 Å². The summed E-state index contributed by atoms with van der Waals surface area (Å²) in [5, 5.41) is 3.23. The summed E-state index contributed by atoms with van der Waals surface area (Å²) in [6.45, 7) is 10.2. The molecule has 1 amide bonds. The Labute approximate surface area is 172 Å². The lowest BCUT2D eigenvalue weighted by Crippen LogP contribution is -2.52. The number of benzene rings is 1. The van der Waals surface area contributed by atoms with Crippen LogP contribution >= 0.6 is 0 Å². The predicted molar refractivity (Wildman–Crippen MR) is 113 cm³/mol. The fourth-order valence-corrected chi connectivity index (χ4v) is 4.37. The van der Waals surface area contributed by atoms with Gasteiger partial charge in [-0.1, -0.05) is 26.0 Å². The lowest BCUT2D eigenvalue weighted by Gasteiger charge is -2.37. The van der Waals surface area contributed by atoms with Gasteiger partial charge in [-0.05, 0) is 30.9 Å². The van der Waals surface area contributed by atoms with Crippen LogP contribution in [0.15, 0.2) is 28.7 Å². The Morgan fingerprint density at radius 3 is 2.59 bits per heavy atom. The van der Waals surface area contributed by atoms with E-state index in [0.717, 1.165) is 63.3 Å². The number of nitrogens with one attached hydrogen (secondary N) is 1. The zero-order valence-corrected chi connectivity index (χ0v) is 17.5. The minimum atomic E-state index is 0.0631. The largest absolute Gasteiger partial charge is 0.423 e. The maximum absolute atomic E-state index is 12.8. The van der Waals surface area contributed by atoms with Gasteiger partial charge in [0, 0.05) is 44.7 Å². The Hall–Kier alpha value is -2.12. The van der Waals surface area contributed by atoms with Crippen LogP contribution in [0.5, 0.6) is 0 Å². The van der Waals surface area contributed by atoms with E-state index in [9.17, 15) is 4.79 Å². The maximum atomic E-state index is 12.8. The van der Waals surface area contributed by atoms with Crippen LogP contribution in [0, 0.1) is 11.8 Å². The number of hydrogen-bond donors (Lipinski definition) is 1. The van der Waals surface area contributed by atoms with Crippen LogP contribution in [0.25, 0.3) is 11.1 Å². The number of oxazole rings is 1. The second kappa shape index (κ2) is 9.13. The molecule has 158 valence electrons. The Bertz CT molecular complexity index is 774. The van der Waals surface area contributed by atoms with Crippen molar-refractivity contribution in [2.75, 3.05) is 50.8 Å². The van der Waals surface area contributed by atoms with E-state index < -0.39 is 0 Å². The topological polar surface area (TPSA) is 70.8 Å². The van der Waals surface area contributed by atoms with Gasteiger partial charge in [0.15, 0.2) is 5.58 Å². The first-order chi connectivity index (χ1) is 14.1. The molecule has 1 unspecified atom stereocenters. The quantitative estimate of drug-likeness (QED) is 0.804. The highest BCUT2D eigenvalue weighted by Gasteiger charge is 2.29. The molecule has 1 N–H and O–H groups in total. The van der Waals surface area contributed by atoms with Crippen molar-refractivity contribution in [2.45, 2.75) is 32.7 Å². The highest BCUT2D eigenvalue weighted by Crippen LogP contribution is 2.26. The third kappa shape index (κ3) is 4.73. The minimum absolute atomic E-state index is 0.0631. The highest BCUT2D eigenvalue weighted by atomic mass is 16.5. The zero-order chi connectivity index (χ0) is 20.2. The number of carbonyl (C=O) groups excluding carboxylic acids is 1. The van der Waals surface area contributed by atoms with Crippen LogP contribution in [0.1, 0.15) is 26.7 Å². The van der Waals surface area contributed by atoms with Gasteiger partial charge in [0.25, 0.3) is 6.01 Å². The third-order valence-corrected chi connectivity index (χ3v) is 6.19. The summed E-state index contributed by atoms with van der Waals surface area (Å²) in [4.78, 5) is 22.0. The van der Waals surface area contributed by atoms with Gasteiger partial charge in [0.05, 0.1) is 13.2 Å². The van der Waals surface area contributed by atoms with Crippen molar-refractivity contribution >= 4 is 23.0 Å². The number of hydrogen-bond acceptors (Lipinski definition) is 6. The van der Waals surface area contributed by atoms with Crippen LogP contribution in [0.3, 0.4) is 0 Å². The van der Waals surface area contributed by atoms with Gasteiger partial charge in [-0.2, -0.15) is 4.98 Å². The molecule has 7 nitrogen and oxygen atoms in total. The van der Waals surface area contributed by atoms with Crippen molar-refractivity contribution in [3.63, 3.8) is 0 Å². The van der Waals surface area contributed by atoms with Crippen LogP contribution < -0.4 is 10.2 Å². The molecule has 0 aliphatic carbocycles. The molecular formula is C22H32N4O3. The minimum Gasteiger partial charge on any atom is -0.423 e. The first-order valence-corrected chi connectivity index (χ1v) is 10.8. The van der Waals surface area contributed by atoms with E-state index in [1.54, 1.807) is 0 Å².